The number of rotatable bonds is 9. The van der Waals surface area contributed by atoms with Gasteiger partial charge in [0.25, 0.3) is 5.91 Å². The molecule has 0 aliphatic rings. The topological polar surface area (TPSA) is 92.8 Å². The molecule has 0 spiro atoms. The summed E-state index contributed by atoms with van der Waals surface area (Å²) < 4.78 is 31.6. The van der Waals surface area contributed by atoms with Crippen molar-refractivity contribution in [1.29, 1.82) is 0 Å². The van der Waals surface area contributed by atoms with Gasteiger partial charge in [-0.2, -0.15) is 4.31 Å². The highest BCUT2D eigenvalue weighted by Gasteiger charge is 2.24. The van der Waals surface area contributed by atoms with E-state index in [-0.39, 0.29) is 35.1 Å². The maximum atomic E-state index is 12.6. The summed E-state index contributed by atoms with van der Waals surface area (Å²) in [6, 6.07) is 10.8. The van der Waals surface area contributed by atoms with Crippen molar-refractivity contribution in [2.45, 2.75) is 25.3 Å². The Balaban J connectivity index is 2.04. The lowest BCUT2D eigenvalue weighted by molar-refractivity contribution is -0.124. The van der Waals surface area contributed by atoms with Gasteiger partial charge in [0.2, 0.25) is 10.0 Å². The molecular weight excluding hydrogens is 451 g/mol. The first-order chi connectivity index (χ1) is 14.2. The number of hydrogen-bond donors (Lipinski definition) is 1. The molecule has 2 rings (SSSR count). The number of amides is 1. The van der Waals surface area contributed by atoms with E-state index in [1.54, 1.807) is 38.1 Å². The second kappa shape index (κ2) is 10.8. The van der Waals surface area contributed by atoms with Gasteiger partial charge >= 0.3 is 5.97 Å². The van der Waals surface area contributed by atoms with Gasteiger partial charge in [-0.3, -0.25) is 4.79 Å². The molecule has 0 bridgehead atoms. The summed E-state index contributed by atoms with van der Waals surface area (Å²) in [5, 5.41) is 3.12. The van der Waals surface area contributed by atoms with Crippen LogP contribution in [0, 0.1) is 0 Å². The fraction of sp³-hybridized carbons (Fsp3) is 0.300. The normalized spacial score (nSPS) is 11.4. The molecule has 1 amide bonds. The zero-order valence-electron chi connectivity index (χ0n) is 16.5. The number of ether oxygens (including phenoxy) is 1. The van der Waals surface area contributed by atoms with Crippen LogP contribution >= 0.6 is 23.2 Å². The molecule has 0 aliphatic heterocycles. The fourth-order valence-electron chi connectivity index (χ4n) is 2.63. The van der Waals surface area contributed by atoms with E-state index in [9.17, 15) is 18.0 Å². The van der Waals surface area contributed by atoms with Gasteiger partial charge < -0.3 is 10.1 Å². The highest BCUT2D eigenvalue weighted by Crippen LogP contribution is 2.23. The second-order valence-corrected chi connectivity index (χ2v) is 8.93. The molecular formula is C20H22Cl2N2O5S. The zero-order valence-corrected chi connectivity index (χ0v) is 18.9. The van der Waals surface area contributed by atoms with Crippen LogP contribution in [0.3, 0.4) is 0 Å². The van der Waals surface area contributed by atoms with Crippen LogP contribution in [0.25, 0.3) is 0 Å². The van der Waals surface area contributed by atoms with Crippen LogP contribution in [-0.2, 0) is 26.1 Å². The van der Waals surface area contributed by atoms with Gasteiger partial charge in [-0.05, 0) is 29.8 Å². The number of halogens is 2. The van der Waals surface area contributed by atoms with Gasteiger partial charge in [0.15, 0.2) is 6.61 Å². The molecule has 0 saturated carbocycles. The second-order valence-electron chi connectivity index (χ2n) is 6.18. The van der Waals surface area contributed by atoms with Crippen LogP contribution in [-0.4, -0.2) is 44.3 Å². The van der Waals surface area contributed by atoms with E-state index in [1.807, 2.05) is 0 Å². The Kier molecular flexibility index (Phi) is 8.66. The first-order valence-electron chi connectivity index (χ1n) is 9.17. The molecule has 0 aromatic heterocycles. The minimum atomic E-state index is -3.77. The molecule has 0 radical (unpaired) electrons. The molecule has 0 heterocycles. The summed E-state index contributed by atoms with van der Waals surface area (Å²) in [6.07, 6.45) is 0. The summed E-state index contributed by atoms with van der Waals surface area (Å²) in [6.45, 7) is 3.63. The van der Waals surface area contributed by atoms with Crippen molar-refractivity contribution < 1.29 is 22.7 Å². The Morgan fingerprint density at radius 3 is 2.33 bits per heavy atom. The van der Waals surface area contributed by atoms with E-state index in [0.717, 1.165) is 11.6 Å². The van der Waals surface area contributed by atoms with E-state index in [1.165, 1.54) is 16.4 Å². The van der Waals surface area contributed by atoms with Gasteiger partial charge in [-0.25, -0.2) is 13.2 Å². The summed E-state index contributed by atoms with van der Waals surface area (Å²) in [7, 11) is -3.77. The lowest BCUT2D eigenvalue weighted by atomic mass is 10.2. The van der Waals surface area contributed by atoms with Gasteiger partial charge in [-0.1, -0.05) is 55.2 Å². The molecule has 0 saturated heterocycles. The van der Waals surface area contributed by atoms with Crippen molar-refractivity contribution in [1.82, 2.24) is 9.62 Å². The SMILES string of the molecule is CCN(CC)S(=O)(=O)c1ccc(Cl)c(C(=O)OCC(=O)NCc2ccccc2Cl)c1. The zero-order chi connectivity index (χ0) is 22.3. The molecule has 30 heavy (non-hydrogen) atoms. The van der Waals surface area contributed by atoms with Crippen molar-refractivity contribution in [3.8, 4) is 0 Å². The lowest BCUT2D eigenvalue weighted by Crippen LogP contribution is -2.31. The summed E-state index contributed by atoms with van der Waals surface area (Å²) >= 11 is 12.1. The molecule has 0 fully saturated rings. The predicted molar refractivity (Wildman–Crippen MR) is 115 cm³/mol. The maximum absolute atomic E-state index is 12.6. The van der Waals surface area contributed by atoms with Crippen molar-refractivity contribution in [3.63, 3.8) is 0 Å². The quantitative estimate of drug-likeness (QED) is 0.563. The van der Waals surface area contributed by atoms with Crippen molar-refractivity contribution in [2.24, 2.45) is 0 Å². The largest absolute Gasteiger partial charge is 0.452 e. The average Bonchev–Trinajstić information content (AvgIpc) is 2.72. The van der Waals surface area contributed by atoms with Crippen LogP contribution in [0.1, 0.15) is 29.8 Å². The average molecular weight is 473 g/mol. The molecule has 162 valence electrons. The van der Waals surface area contributed by atoms with Crippen LogP contribution in [0.5, 0.6) is 0 Å². The number of hydrogen-bond acceptors (Lipinski definition) is 5. The molecule has 10 heteroatoms. The maximum Gasteiger partial charge on any atom is 0.340 e. The van der Waals surface area contributed by atoms with E-state index >= 15 is 0 Å². The van der Waals surface area contributed by atoms with E-state index in [4.69, 9.17) is 27.9 Å². The molecule has 2 aromatic rings. The summed E-state index contributed by atoms with van der Waals surface area (Å²) in [5.41, 5.74) is 0.583. The van der Waals surface area contributed by atoms with E-state index in [2.05, 4.69) is 5.32 Å². The third-order valence-electron chi connectivity index (χ3n) is 4.27. The highest BCUT2D eigenvalue weighted by atomic mass is 35.5. The number of carbonyl (C=O) groups is 2. The lowest BCUT2D eigenvalue weighted by Gasteiger charge is -2.19. The highest BCUT2D eigenvalue weighted by molar-refractivity contribution is 7.89. The number of sulfonamides is 1. The van der Waals surface area contributed by atoms with Gasteiger partial charge in [-0.15, -0.1) is 0 Å². The summed E-state index contributed by atoms with van der Waals surface area (Å²) in [4.78, 5) is 24.3. The molecule has 2 aromatic carbocycles. The summed E-state index contributed by atoms with van der Waals surface area (Å²) in [5.74, 6) is -1.43. The Labute approximate surface area is 186 Å². The van der Waals surface area contributed by atoms with Crippen LogP contribution in [0.4, 0.5) is 0 Å². The minimum Gasteiger partial charge on any atom is -0.452 e. The van der Waals surface area contributed by atoms with Crippen molar-refractivity contribution >= 4 is 45.1 Å². The number of esters is 1. The first-order valence-corrected chi connectivity index (χ1v) is 11.4. The number of nitrogens with one attached hydrogen (secondary N) is 1. The fourth-order valence-corrected chi connectivity index (χ4v) is 4.51. The van der Waals surface area contributed by atoms with E-state index < -0.39 is 28.5 Å². The molecule has 7 nitrogen and oxygen atoms in total. The predicted octanol–water partition coefficient (Wildman–Crippen LogP) is 3.50. The van der Waals surface area contributed by atoms with E-state index in [0.29, 0.717) is 5.02 Å². The Morgan fingerprint density at radius 1 is 1.03 bits per heavy atom. The third kappa shape index (κ3) is 5.95. The molecule has 0 aliphatic carbocycles. The number of carbonyl (C=O) groups excluding carboxylic acids is 2. The van der Waals surface area contributed by atoms with Crippen LogP contribution < -0.4 is 5.32 Å². The van der Waals surface area contributed by atoms with Crippen molar-refractivity contribution in [2.75, 3.05) is 19.7 Å². The molecule has 0 unspecified atom stereocenters. The Morgan fingerprint density at radius 2 is 1.70 bits per heavy atom. The standard InChI is InChI=1S/C20H22Cl2N2O5S/c1-3-24(4-2)30(27,28)15-9-10-18(22)16(11-15)20(26)29-13-19(25)23-12-14-7-5-6-8-17(14)21/h5-11H,3-4,12-13H2,1-2H3,(H,23,25). The Bertz CT molecular complexity index is 1020. The van der Waals surface area contributed by atoms with Crippen LogP contribution in [0.2, 0.25) is 10.0 Å². The number of nitrogens with zero attached hydrogens (tertiary/aromatic N) is 1. The van der Waals surface area contributed by atoms with Gasteiger partial charge in [0.05, 0.1) is 15.5 Å². The van der Waals surface area contributed by atoms with Gasteiger partial charge in [0.1, 0.15) is 0 Å². The smallest absolute Gasteiger partial charge is 0.340 e. The molecule has 1 N–H and O–H groups in total. The third-order valence-corrected chi connectivity index (χ3v) is 7.01. The van der Waals surface area contributed by atoms with Gasteiger partial charge in [0, 0.05) is 24.7 Å². The minimum absolute atomic E-state index is 0.0231. The molecule has 0 atom stereocenters. The Hall–Kier alpha value is -2.13. The van der Waals surface area contributed by atoms with Crippen LogP contribution in [0.15, 0.2) is 47.4 Å². The number of benzene rings is 2. The monoisotopic (exact) mass is 472 g/mol. The van der Waals surface area contributed by atoms with Crippen molar-refractivity contribution in [3.05, 3.63) is 63.6 Å². The first kappa shape index (κ1) is 24.1.